The van der Waals surface area contributed by atoms with Gasteiger partial charge in [0.15, 0.2) is 0 Å². The fourth-order valence-electron chi connectivity index (χ4n) is 3.52. The minimum atomic E-state index is 0.0644. The molecule has 0 bridgehead atoms. The Morgan fingerprint density at radius 1 is 0.962 bits per heavy atom. The van der Waals surface area contributed by atoms with Crippen LogP contribution in [-0.4, -0.2) is 69.8 Å². The van der Waals surface area contributed by atoms with Crippen molar-refractivity contribution in [2.45, 2.75) is 25.7 Å². The summed E-state index contributed by atoms with van der Waals surface area (Å²) < 4.78 is 5.34. The maximum atomic E-state index is 12.1. The van der Waals surface area contributed by atoms with E-state index in [1.807, 2.05) is 12.1 Å². The van der Waals surface area contributed by atoms with E-state index in [0.29, 0.717) is 13.0 Å². The van der Waals surface area contributed by atoms with Crippen molar-refractivity contribution in [3.05, 3.63) is 24.3 Å². The average Bonchev–Trinajstić information content (AvgIpc) is 2.70. The van der Waals surface area contributed by atoms with Gasteiger partial charge >= 0.3 is 0 Å². The lowest BCUT2D eigenvalue weighted by Gasteiger charge is -2.28. The highest BCUT2D eigenvalue weighted by Gasteiger charge is 2.11. The number of nitrogens with one attached hydrogen (secondary N) is 2. The zero-order valence-corrected chi connectivity index (χ0v) is 15.7. The highest BCUT2D eigenvalue weighted by atomic mass is 16.5. The van der Waals surface area contributed by atoms with E-state index in [2.05, 4.69) is 32.6 Å². The van der Waals surface area contributed by atoms with Crippen molar-refractivity contribution in [1.82, 2.24) is 10.2 Å². The van der Waals surface area contributed by atoms with Gasteiger partial charge in [-0.3, -0.25) is 9.69 Å². The monoisotopic (exact) mass is 360 g/mol. The second-order valence-corrected chi connectivity index (χ2v) is 7.10. The van der Waals surface area contributed by atoms with Gasteiger partial charge in [-0.05, 0) is 43.5 Å². The highest BCUT2D eigenvalue weighted by Crippen LogP contribution is 2.21. The predicted octanol–water partition coefficient (Wildman–Crippen LogP) is 1.93. The van der Waals surface area contributed by atoms with Crippen LogP contribution in [0.1, 0.15) is 25.7 Å². The summed E-state index contributed by atoms with van der Waals surface area (Å²) in [4.78, 5) is 16.9. The van der Waals surface area contributed by atoms with E-state index in [4.69, 9.17) is 4.74 Å². The normalized spacial score (nSPS) is 18.7. The molecule has 0 unspecified atom stereocenters. The van der Waals surface area contributed by atoms with Gasteiger partial charge in [-0.25, -0.2) is 0 Å². The van der Waals surface area contributed by atoms with Crippen molar-refractivity contribution in [1.29, 1.82) is 0 Å². The van der Waals surface area contributed by atoms with Crippen molar-refractivity contribution < 1.29 is 9.53 Å². The summed E-state index contributed by atoms with van der Waals surface area (Å²) in [6.07, 6.45) is 4.39. The SMILES string of the molecule is O=C(CCNCCN1CCOCC1)Nc1ccc(N2CCCCC2)cc1. The number of carbonyl (C=O) groups excluding carboxylic acids is 1. The lowest BCUT2D eigenvalue weighted by atomic mass is 10.1. The number of amides is 1. The molecule has 0 saturated carbocycles. The van der Waals surface area contributed by atoms with Crippen LogP contribution in [0.3, 0.4) is 0 Å². The molecule has 0 radical (unpaired) electrons. The van der Waals surface area contributed by atoms with Gasteiger partial charge in [-0.1, -0.05) is 0 Å². The number of carbonyl (C=O) groups is 1. The first kappa shape index (κ1) is 19.1. The summed E-state index contributed by atoms with van der Waals surface area (Å²) in [6.45, 7) is 8.61. The quantitative estimate of drug-likeness (QED) is 0.694. The number of morpholine rings is 1. The van der Waals surface area contributed by atoms with Gasteiger partial charge in [-0.2, -0.15) is 0 Å². The molecule has 6 heteroatoms. The highest BCUT2D eigenvalue weighted by molar-refractivity contribution is 5.91. The third-order valence-corrected chi connectivity index (χ3v) is 5.11. The fourth-order valence-corrected chi connectivity index (χ4v) is 3.52. The number of benzene rings is 1. The summed E-state index contributed by atoms with van der Waals surface area (Å²) in [6, 6.07) is 8.24. The van der Waals surface area contributed by atoms with Crippen molar-refractivity contribution in [3.8, 4) is 0 Å². The van der Waals surface area contributed by atoms with Crippen LogP contribution >= 0.6 is 0 Å². The molecule has 26 heavy (non-hydrogen) atoms. The molecular formula is C20H32N4O2. The van der Waals surface area contributed by atoms with E-state index in [1.165, 1.54) is 24.9 Å². The largest absolute Gasteiger partial charge is 0.379 e. The predicted molar refractivity (Wildman–Crippen MR) is 106 cm³/mol. The number of hydrogen-bond donors (Lipinski definition) is 2. The number of anilines is 2. The molecule has 3 rings (SSSR count). The number of piperidine rings is 1. The van der Waals surface area contributed by atoms with Crippen LogP contribution < -0.4 is 15.5 Å². The molecule has 0 atom stereocenters. The summed E-state index contributed by atoms with van der Waals surface area (Å²) >= 11 is 0. The van der Waals surface area contributed by atoms with Gasteiger partial charge in [0.2, 0.25) is 5.91 Å². The fraction of sp³-hybridized carbons (Fsp3) is 0.650. The standard InChI is InChI=1S/C20H32N4O2/c25-20(8-9-21-10-13-23-14-16-26-17-15-23)22-18-4-6-19(7-5-18)24-11-2-1-3-12-24/h4-7,21H,1-3,8-17H2,(H,22,25). The van der Waals surface area contributed by atoms with E-state index in [1.54, 1.807) is 0 Å². The Bertz CT molecular complexity index is 537. The van der Waals surface area contributed by atoms with Crippen LogP contribution in [0.15, 0.2) is 24.3 Å². The Morgan fingerprint density at radius 2 is 1.69 bits per heavy atom. The molecule has 2 aliphatic heterocycles. The molecule has 2 saturated heterocycles. The van der Waals surface area contributed by atoms with Crippen molar-refractivity contribution in [3.63, 3.8) is 0 Å². The zero-order valence-electron chi connectivity index (χ0n) is 15.7. The second-order valence-electron chi connectivity index (χ2n) is 7.10. The minimum absolute atomic E-state index is 0.0644. The summed E-state index contributed by atoms with van der Waals surface area (Å²) in [7, 11) is 0. The van der Waals surface area contributed by atoms with Gasteiger partial charge in [0.1, 0.15) is 0 Å². The lowest BCUT2D eigenvalue weighted by molar-refractivity contribution is -0.116. The first-order valence-electron chi connectivity index (χ1n) is 9.97. The maximum absolute atomic E-state index is 12.1. The Hall–Kier alpha value is -1.63. The zero-order chi connectivity index (χ0) is 18.0. The molecular weight excluding hydrogens is 328 g/mol. The number of rotatable bonds is 8. The second kappa shape index (κ2) is 10.5. The number of nitrogens with zero attached hydrogens (tertiary/aromatic N) is 2. The number of hydrogen-bond acceptors (Lipinski definition) is 5. The number of ether oxygens (including phenoxy) is 1. The molecule has 144 valence electrons. The van der Waals surface area contributed by atoms with Gasteiger partial charge in [-0.15, -0.1) is 0 Å². The summed E-state index contributed by atoms with van der Waals surface area (Å²) in [5.74, 6) is 0.0644. The van der Waals surface area contributed by atoms with E-state index >= 15 is 0 Å². The smallest absolute Gasteiger partial charge is 0.225 e. The van der Waals surface area contributed by atoms with Crippen LogP contribution in [0.5, 0.6) is 0 Å². The first-order valence-corrected chi connectivity index (χ1v) is 9.97. The molecule has 1 aromatic carbocycles. The van der Waals surface area contributed by atoms with Crippen LogP contribution in [0.25, 0.3) is 0 Å². The first-order chi connectivity index (χ1) is 12.8. The molecule has 2 aliphatic rings. The maximum Gasteiger partial charge on any atom is 0.225 e. The molecule has 2 N–H and O–H groups in total. The lowest BCUT2D eigenvalue weighted by Crippen LogP contribution is -2.40. The van der Waals surface area contributed by atoms with E-state index in [-0.39, 0.29) is 5.91 Å². The van der Waals surface area contributed by atoms with E-state index in [0.717, 1.165) is 58.2 Å². The summed E-state index contributed by atoms with van der Waals surface area (Å²) in [5.41, 5.74) is 2.14. The van der Waals surface area contributed by atoms with E-state index in [9.17, 15) is 4.79 Å². The third kappa shape index (κ3) is 6.27. The van der Waals surface area contributed by atoms with Gasteiger partial charge in [0.25, 0.3) is 0 Å². The third-order valence-electron chi connectivity index (χ3n) is 5.11. The molecule has 0 aliphatic carbocycles. The van der Waals surface area contributed by atoms with Crippen molar-refractivity contribution in [2.24, 2.45) is 0 Å². The topological polar surface area (TPSA) is 56.8 Å². The molecule has 2 fully saturated rings. The molecule has 6 nitrogen and oxygen atoms in total. The van der Waals surface area contributed by atoms with Crippen molar-refractivity contribution >= 4 is 17.3 Å². The Kier molecular flexibility index (Phi) is 7.73. The van der Waals surface area contributed by atoms with Crippen LogP contribution in [-0.2, 0) is 9.53 Å². The van der Waals surface area contributed by atoms with Crippen LogP contribution in [0, 0.1) is 0 Å². The van der Waals surface area contributed by atoms with Gasteiger partial charge in [0, 0.05) is 63.6 Å². The molecule has 2 heterocycles. The molecule has 1 aromatic rings. The average molecular weight is 361 g/mol. The summed E-state index contributed by atoms with van der Waals surface area (Å²) in [5, 5.41) is 6.34. The molecule has 0 spiro atoms. The van der Waals surface area contributed by atoms with Crippen LogP contribution in [0.2, 0.25) is 0 Å². The minimum Gasteiger partial charge on any atom is -0.379 e. The van der Waals surface area contributed by atoms with Gasteiger partial charge in [0.05, 0.1) is 13.2 Å². The molecule has 1 amide bonds. The Labute approximate surface area is 156 Å². The van der Waals surface area contributed by atoms with Gasteiger partial charge < -0.3 is 20.3 Å². The Balaban J connectivity index is 1.30. The molecule has 0 aromatic heterocycles. The van der Waals surface area contributed by atoms with Crippen molar-refractivity contribution in [2.75, 3.05) is 69.2 Å². The Morgan fingerprint density at radius 3 is 2.42 bits per heavy atom. The van der Waals surface area contributed by atoms with Crippen LogP contribution in [0.4, 0.5) is 11.4 Å². The van der Waals surface area contributed by atoms with E-state index < -0.39 is 0 Å².